The molecule has 0 aromatic rings. The summed E-state index contributed by atoms with van der Waals surface area (Å²) in [5.41, 5.74) is -0.868. The maximum Gasteiger partial charge on any atom is 0.408 e. The monoisotopic (exact) mass is 533 g/mol. The molecule has 0 unspecified atom stereocenters. The average molecular weight is 534 g/mol. The van der Waals surface area contributed by atoms with Gasteiger partial charge in [0.2, 0.25) is 0 Å². The molecule has 0 aromatic carbocycles. The summed E-state index contributed by atoms with van der Waals surface area (Å²) in [4.78, 5) is 70.8. The van der Waals surface area contributed by atoms with Gasteiger partial charge in [-0.1, -0.05) is 0 Å². The van der Waals surface area contributed by atoms with Crippen molar-refractivity contribution in [2.45, 2.75) is 103 Å². The number of nitrogens with one attached hydrogen (secondary N) is 1. The molecular weight excluding hydrogens is 498 g/mol. The van der Waals surface area contributed by atoms with Crippen LogP contribution in [-0.4, -0.2) is 89.8 Å². The first-order valence-electron chi connectivity index (χ1n) is 11.5. The second-order valence-electron chi connectivity index (χ2n) is 9.35. The number of hydrogen-bond acceptors (Lipinski definition) is 12. The van der Waals surface area contributed by atoms with Crippen molar-refractivity contribution in [1.29, 1.82) is 0 Å². The van der Waals surface area contributed by atoms with Crippen LogP contribution in [0.25, 0.3) is 0 Å². The minimum atomic E-state index is -1.42. The molecule has 0 aromatic heterocycles. The van der Waals surface area contributed by atoms with Crippen LogP contribution in [-0.2, 0) is 52.4 Å². The van der Waals surface area contributed by atoms with Gasteiger partial charge >= 0.3 is 35.9 Å². The van der Waals surface area contributed by atoms with E-state index in [1.165, 1.54) is 0 Å². The van der Waals surface area contributed by atoms with E-state index in [-0.39, 0.29) is 12.8 Å². The number of alkyl carbamates (subject to hydrolysis) is 1. The SMILES string of the molecule is CC(=O)OC[C@H]1O[C@H](CC[C@H](NC(=O)OC(C)(C)C)C(=O)O)[C@H](OC(C)=O)[C@@H](OC(C)=O)[C@@H]1OC(C)=O. The third kappa shape index (κ3) is 11.5. The Morgan fingerprint density at radius 1 is 0.811 bits per heavy atom. The first kappa shape index (κ1) is 31.6. The number of carbonyl (C=O) groups excluding carboxylic acids is 5. The third-order valence-electron chi connectivity index (χ3n) is 4.82. The van der Waals surface area contributed by atoms with Crippen LogP contribution < -0.4 is 5.32 Å². The quantitative estimate of drug-likeness (QED) is 0.297. The molecule has 0 spiro atoms. The van der Waals surface area contributed by atoms with Gasteiger partial charge < -0.3 is 38.8 Å². The second-order valence-corrected chi connectivity index (χ2v) is 9.35. The molecule has 2 N–H and O–H groups in total. The lowest BCUT2D eigenvalue weighted by Crippen LogP contribution is -2.62. The largest absolute Gasteiger partial charge is 0.480 e. The van der Waals surface area contributed by atoms with Crippen molar-refractivity contribution < 1.29 is 62.3 Å². The van der Waals surface area contributed by atoms with E-state index in [9.17, 15) is 33.9 Å². The Hall–Kier alpha value is -3.42. The summed E-state index contributed by atoms with van der Waals surface area (Å²) in [6.45, 7) is 8.85. The minimum absolute atomic E-state index is 0.133. The van der Waals surface area contributed by atoms with Crippen molar-refractivity contribution in [2.75, 3.05) is 6.61 Å². The van der Waals surface area contributed by atoms with Crippen LogP contribution in [0.5, 0.6) is 0 Å². The highest BCUT2D eigenvalue weighted by Gasteiger charge is 2.52. The van der Waals surface area contributed by atoms with Crippen LogP contribution in [0.1, 0.15) is 61.3 Å². The highest BCUT2D eigenvalue weighted by atomic mass is 16.7. The molecule has 210 valence electrons. The van der Waals surface area contributed by atoms with Gasteiger partial charge in [-0.05, 0) is 33.6 Å². The van der Waals surface area contributed by atoms with E-state index in [1.54, 1.807) is 20.8 Å². The normalized spacial score (nSPS) is 24.1. The molecule has 0 bridgehead atoms. The van der Waals surface area contributed by atoms with Gasteiger partial charge in [0.05, 0.1) is 6.10 Å². The van der Waals surface area contributed by atoms with Gasteiger partial charge in [0.15, 0.2) is 18.3 Å². The lowest BCUT2D eigenvalue weighted by molar-refractivity contribution is -0.253. The molecule has 14 heteroatoms. The first-order chi connectivity index (χ1) is 17.0. The Balaban J connectivity index is 3.27. The Bertz CT molecular complexity index is 865. The Kier molecular flexibility index (Phi) is 11.8. The molecule has 1 aliphatic rings. The van der Waals surface area contributed by atoms with Crippen molar-refractivity contribution >= 4 is 35.9 Å². The third-order valence-corrected chi connectivity index (χ3v) is 4.82. The molecular formula is C23H35NO13. The molecule has 1 amide bonds. The standard InChI is InChI=1S/C23H35NO13/c1-11(25)32-10-17-19(34-13(3)27)20(35-14(4)28)18(33-12(2)26)16(36-17)9-8-15(21(29)30)24-22(31)37-23(5,6)7/h15-20H,8-10H2,1-7H3,(H,24,31)(H,29,30)/t15-,16+,17+,18-,19+,20+/m0/s1. The summed E-state index contributed by atoms with van der Waals surface area (Å²) in [7, 11) is 0. The van der Waals surface area contributed by atoms with Crippen molar-refractivity contribution in [3.05, 3.63) is 0 Å². The zero-order valence-corrected chi connectivity index (χ0v) is 21.9. The second kappa shape index (κ2) is 13.8. The zero-order valence-electron chi connectivity index (χ0n) is 21.9. The molecule has 0 saturated carbocycles. The van der Waals surface area contributed by atoms with Gasteiger partial charge in [-0.15, -0.1) is 0 Å². The molecule has 14 nitrogen and oxygen atoms in total. The van der Waals surface area contributed by atoms with Crippen LogP contribution in [0.15, 0.2) is 0 Å². The van der Waals surface area contributed by atoms with Crippen LogP contribution in [0.2, 0.25) is 0 Å². The highest BCUT2D eigenvalue weighted by Crippen LogP contribution is 2.31. The maximum atomic E-state index is 12.1. The molecule has 37 heavy (non-hydrogen) atoms. The molecule has 0 radical (unpaired) electrons. The number of hydrogen-bond donors (Lipinski definition) is 2. The van der Waals surface area contributed by atoms with E-state index in [2.05, 4.69) is 5.32 Å². The van der Waals surface area contributed by atoms with Crippen molar-refractivity contribution in [2.24, 2.45) is 0 Å². The van der Waals surface area contributed by atoms with Gasteiger partial charge in [0.25, 0.3) is 0 Å². The predicted octanol–water partition coefficient (Wildman–Crippen LogP) is 0.870. The number of carboxylic acids is 1. The topological polar surface area (TPSA) is 190 Å². The number of rotatable bonds is 10. The number of aliphatic carboxylic acids is 1. The molecule has 0 aliphatic carbocycles. The van der Waals surface area contributed by atoms with E-state index in [0.29, 0.717) is 0 Å². The van der Waals surface area contributed by atoms with E-state index in [1.807, 2.05) is 0 Å². The maximum absolute atomic E-state index is 12.1. The molecule has 1 rings (SSSR count). The van der Waals surface area contributed by atoms with Gasteiger partial charge in [-0.3, -0.25) is 19.2 Å². The number of carboxylic acid groups (broad SMARTS) is 1. The number of ether oxygens (including phenoxy) is 6. The summed E-state index contributed by atoms with van der Waals surface area (Å²) in [6, 6.07) is -1.42. The zero-order chi connectivity index (χ0) is 28.5. The van der Waals surface area contributed by atoms with Crippen LogP contribution in [0.4, 0.5) is 4.79 Å². The summed E-state index contributed by atoms with van der Waals surface area (Å²) >= 11 is 0. The highest BCUT2D eigenvalue weighted by molar-refractivity contribution is 5.80. The smallest absolute Gasteiger partial charge is 0.408 e. The summed E-state index contributed by atoms with van der Waals surface area (Å²) in [6.07, 6.45) is -7.59. The average Bonchev–Trinajstić information content (AvgIpc) is 2.70. The van der Waals surface area contributed by atoms with Gasteiger partial charge in [0, 0.05) is 27.7 Å². The molecule has 6 atom stereocenters. The van der Waals surface area contributed by atoms with E-state index >= 15 is 0 Å². The summed E-state index contributed by atoms with van der Waals surface area (Å²) < 4.78 is 32.0. The molecule has 1 aliphatic heterocycles. The first-order valence-corrected chi connectivity index (χ1v) is 11.5. The Labute approximate surface area is 214 Å². The molecule has 1 heterocycles. The Morgan fingerprint density at radius 3 is 1.73 bits per heavy atom. The lowest BCUT2D eigenvalue weighted by Gasteiger charge is -2.44. The van der Waals surface area contributed by atoms with Crippen LogP contribution >= 0.6 is 0 Å². The fraction of sp³-hybridized carbons (Fsp3) is 0.739. The van der Waals surface area contributed by atoms with E-state index in [0.717, 1.165) is 27.7 Å². The van der Waals surface area contributed by atoms with Gasteiger partial charge in [-0.2, -0.15) is 0 Å². The van der Waals surface area contributed by atoms with E-state index < -0.39 is 84.7 Å². The van der Waals surface area contributed by atoms with Crippen LogP contribution in [0.3, 0.4) is 0 Å². The van der Waals surface area contributed by atoms with Gasteiger partial charge in [0.1, 0.15) is 24.4 Å². The fourth-order valence-electron chi connectivity index (χ4n) is 3.59. The minimum Gasteiger partial charge on any atom is -0.480 e. The predicted molar refractivity (Wildman–Crippen MR) is 122 cm³/mol. The summed E-state index contributed by atoms with van der Waals surface area (Å²) in [5.74, 6) is -4.37. The number of amides is 1. The Morgan fingerprint density at radius 2 is 1.30 bits per heavy atom. The molecule has 1 fully saturated rings. The van der Waals surface area contributed by atoms with Crippen molar-refractivity contribution in [3.63, 3.8) is 0 Å². The van der Waals surface area contributed by atoms with Gasteiger partial charge in [-0.25, -0.2) is 9.59 Å². The number of carbonyl (C=O) groups is 6. The molecule has 1 saturated heterocycles. The van der Waals surface area contributed by atoms with Crippen molar-refractivity contribution in [3.8, 4) is 0 Å². The fourth-order valence-corrected chi connectivity index (χ4v) is 3.59. The lowest BCUT2D eigenvalue weighted by atomic mass is 9.91. The number of esters is 4. The van der Waals surface area contributed by atoms with Crippen molar-refractivity contribution in [1.82, 2.24) is 5.32 Å². The van der Waals surface area contributed by atoms with Crippen LogP contribution in [0, 0.1) is 0 Å². The summed E-state index contributed by atoms with van der Waals surface area (Å²) in [5, 5.41) is 11.8. The van der Waals surface area contributed by atoms with E-state index in [4.69, 9.17) is 28.4 Å².